The van der Waals surface area contributed by atoms with E-state index in [1.54, 1.807) is 43.9 Å². The standard InChI is InChI=1S/C19H23F3N4O2/c1-18(2,3)28-17(27)23-12-7-6-10-26(11-12)15-13-8-4-5-9-14(13)24-16(25-15)19(20,21)22/h4-5,8-9,12H,6-7,10-11H2,1-3H3,(H,23,27). The van der Waals surface area contributed by atoms with Gasteiger partial charge < -0.3 is 15.0 Å². The molecule has 1 aliphatic rings. The molecule has 0 spiro atoms. The third kappa shape index (κ3) is 4.82. The zero-order valence-corrected chi connectivity index (χ0v) is 16.0. The van der Waals surface area contributed by atoms with Crippen LogP contribution < -0.4 is 10.2 Å². The fourth-order valence-electron chi connectivity index (χ4n) is 3.19. The summed E-state index contributed by atoms with van der Waals surface area (Å²) in [6.45, 7) is 6.20. The maximum Gasteiger partial charge on any atom is 0.451 e. The summed E-state index contributed by atoms with van der Waals surface area (Å²) in [6, 6.07) is 6.38. The Kier molecular flexibility index (Phi) is 5.36. The number of nitrogens with one attached hydrogen (secondary N) is 1. The highest BCUT2D eigenvalue weighted by atomic mass is 19.4. The lowest BCUT2D eigenvalue weighted by Crippen LogP contribution is -2.49. The smallest absolute Gasteiger partial charge is 0.444 e. The molecule has 0 bridgehead atoms. The van der Waals surface area contributed by atoms with Gasteiger partial charge in [-0.15, -0.1) is 0 Å². The first-order valence-corrected chi connectivity index (χ1v) is 9.11. The van der Waals surface area contributed by atoms with E-state index in [9.17, 15) is 18.0 Å². The van der Waals surface area contributed by atoms with E-state index >= 15 is 0 Å². The summed E-state index contributed by atoms with van der Waals surface area (Å²) >= 11 is 0. The number of fused-ring (bicyclic) bond motifs is 1. The molecule has 1 aliphatic heterocycles. The molecule has 0 radical (unpaired) electrons. The second-order valence-corrected chi connectivity index (χ2v) is 7.82. The minimum atomic E-state index is -4.64. The number of piperidine rings is 1. The largest absolute Gasteiger partial charge is 0.451 e. The van der Waals surface area contributed by atoms with E-state index in [0.717, 1.165) is 0 Å². The zero-order chi connectivity index (χ0) is 20.5. The second-order valence-electron chi connectivity index (χ2n) is 7.82. The molecule has 2 aromatic rings. The Morgan fingerprint density at radius 3 is 2.61 bits per heavy atom. The number of aromatic nitrogens is 2. The number of para-hydroxylation sites is 1. The number of hydrogen-bond acceptors (Lipinski definition) is 5. The van der Waals surface area contributed by atoms with Crippen molar-refractivity contribution in [3.63, 3.8) is 0 Å². The van der Waals surface area contributed by atoms with Crippen LogP contribution in [0.15, 0.2) is 24.3 Å². The molecule has 1 aromatic heterocycles. The molecule has 1 amide bonds. The molecule has 1 saturated heterocycles. The molecular weight excluding hydrogens is 373 g/mol. The van der Waals surface area contributed by atoms with Crippen molar-refractivity contribution in [3.8, 4) is 0 Å². The van der Waals surface area contributed by atoms with E-state index in [0.29, 0.717) is 31.3 Å². The Labute approximate surface area is 161 Å². The number of ether oxygens (including phenoxy) is 1. The van der Waals surface area contributed by atoms with Crippen molar-refractivity contribution in [2.75, 3.05) is 18.0 Å². The lowest BCUT2D eigenvalue weighted by atomic mass is 10.1. The molecule has 152 valence electrons. The summed E-state index contributed by atoms with van der Waals surface area (Å²) in [7, 11) is 0. The third-order valence-electron chi connectivity index (χ3n) is 4.28. The number of carbonyl (C=O) groups is 1. The van der Waals surface area contributed by atoms with Gasteiger partial charge >= 0.3 is 12.3 Å². The number of nitrogens with zero attached hydrogens (tertiary/aromatic N) is 3. The number of halogens is 3. The molecule has 6 nitrogen and oxygen atoms in total. The first-order valence-electron chi connectivity index (χ1n) is 9.11. The van der Waals surface area contributed by atoms with Crippen LogP contribution in [0.1, 0.15) is 39.4 Å². The van der Waals surface area contributed by atoms with Crippen LogP contribution in [-0.4, -0.2) is 40.8 Å². The average Bonchev–Trinajstić information content (AvgIpc) is 2.58. The van der Waals surface area contributed by atoms with Gasteiger partial charge in [-0.1, -0.05) is 12.1 Å². The highest BCUT2D eigenvalue weighted by Crippen LogP contribution is 2.32. The van der Waals surface area contributed by atoms with Gasteiger partial charge in [0.25, 0.3) is 0 Å². The molecule has 28 heavy (non-hydrogen) atoms. The van der Waals surface area contributed by atoms with Gasteiger partial charge in [-0.3, -0.25) is 0 Å². The molecule has 0 aliphatic carbocycles. The number of alkyl carbamates (subject to hydrolysis) is 1. The highest BCUT2D eigenvalue weighted by molar-refractivity contribution is 5.89. The van der Waals surface area contributed by atoms with Crippen LogP contribution in [-0.2, 0) is 10.9 Å². The van der Waals surface area contributed by atoms with Crippen LogP contribution in [0.25, 0.3) is 10.9 Å². The summed E-state index contributed by atoms with van der Waals surface area (Å²) in [5.41, 5.74) is -0.384. The van der Waals surface area contributed by atoms with E-state index in [4.69, 9.17) is 4.74 Å². The topological polar surface area (TPSA) is 67.3 Å². The summed E-state index contributed by atoms with van der Waals surface area (Å²) in [6.07, 6.45) is -3.75. The van der Waals surface area contributed by atoms with Crippen molar-refractivity contribution >= 4 is 22.8 Å². The van der Waals surface area contributed by atoms with E-state index in [2.05, 4.69) is 15.3 Å². The average molecular weight is 396 g/mol. The first-order chi connectivity index (χ1) is 13.0. The number of carbonyl (C=O) groups excluding carboxylic acids is 1. The molecule has 1 unspecified atom stereocenters. The first kappa shape index (κ1) is 20.2. The van der Waals surface area contributed by atoms with Gasteiger partial charge in [0.1, 0.15) is 11.4 Å². The number of benzene rings is 1. The van der Waals surface area contributed by atoms with Crippen molar-refractivity contribution in [2.45, 2.75) is 51.4 Å². The Hall–Kier alpha value is -2.58. The van der Waals surface area contributed by atoms with E-state index in [1.807, 2.05) is 0 Å². The molecule has 1 N–H and O–H groups in total. The Bertz CT molecular complexity index is 864. The number of alkyl halides is 3. The second kappa shape index (κ2) is 7.44. The van der Waals surface area contributed by atoms with Crippen LogP contribution in [0.2, 0.25) is 0 Å². The van der Waals surface area contributed by atoms with Crippen molar-refractivity contribution in [1.82, 2.24) is 15.3 Å². The van der Waals surface area contributed by atoms with Gasteiger partial charge in [0.2, 0.25) is 5.82 Å². The van der Waals surface area contributed by atoms with Gasteiger partial charge in [-0.25, -0.2) is 14.8 Å². The number of rotatable bonds is 2. The molecule has 3 rings (SSSR count). The minimum absolute atomic E-state index is 0.230. The zero-order valence-electron chi connectivity index (χ0n) is 16.0. The molecule has 1 atom stereocenters. The normalized spacial score (nSPS) is 18.2. The molecular formula is C19H23F3N4O2. The summed E-state index contributed by atoms with van der Waals surface area (Å²) < 4.78 is 45.0. The molecule has 1 fully saturated rings. The van der Waals surface area contributed by atoms with Gasteiger partial charge in [0.15, 0.2) is 0 Å². The van der Waals surface area contributed by atoms with Crippen molar-refractivity contribution in [2.24, 2.45) is 0 Å². The van der Waals surface area contributed by atoms with Gasteiger partial charge in [-0.2, -0.15) is 13.2 Å². The van der Waals surface area contributed by atoms with Crippen LogP contribution >= 0.6 is 0 Å². The third-order valence-corrected chi connectivity index (χ3v) is 4.28. The van der Waals surface area contributed by atoms with Crippen molar-refractivity contribution in [1.29, 1.82) is 0 Å². The van der Waals surface area contributed by atoms with Gasteiger partial charge in [-0.05, 0) is 45.7 Å². The van der Waals surface area contributed by atoms with Crippen LogP contribution in [0.3, 0.4) is 0 Å². The lowest BCUT2D eigenvalue weighted by Gasteiger charge is -2.35. The number of amides is 1. The lowest BCUT2D eigenvalue weighted by molar-refractivity contribution is -0.144. The van der Waals surface area contributed by atoms with Crippen molar-refractivity contribution < 1.29 is 22.7 Å². The van der Waals surface area contributed by atoms with E-state index < -0.39 is 23.7 Å². The monoisotopic (exact) mass is 396 g/mol. The van der Waals surface area contributed by atoms with Gasteiger partial charge in [0, 0.05) is 24.5 Å². The van der Waals surface area contributed by atoms with Crippen LogP contribution in [0.4, 0.5) is 23.8 Å². The van der Waals surface area contributed by atoms with E-state index in [-0.39, 0.29) is 17.4 Å². The predicted molar refractivity (Wildman–Crippen MR) is 99.1 cm³/mol. The Balaban J connectivity index is 1.86. The fourth-order valence-corrected chi connectivity index (χ4v) is 3.19. The number of hydrogen-bond donors (Lipinski definition) is 1. The summed E-state index contributed by atoms with van der Waals surface area (Å²) in [5, 5.41) is 3.35. The maximum absolute atomic E-state index is 13.3. The predicted octanol–water partition coefficient (Wildman–Crippen LogP) is 4.14. The number of anilines is 1. The quantitative estimate of drug-likeness (QED) is 0.826. The molecule has 1 aromatic carbocycles. The Morgan fingerprint density at radius 1 is 1.21 bits per heavy atom. The van der Waals surface area contributed by atoms with E-state index in [1.165, 1.54) is 6.07 Å². The fraction of sp³-hybridized carbons (Fsp3) is 0.526. The van der Waals surface area contributed by atoms with Gasteiger partial charge in [0.05, 0.1) is 5.52 Å². The summed E-state index contributed by atoms with van der Waals surface area (Å²) in [5.74, 6) is -0.933. The molecule has 2 heterocycles. The molecule has 0 saturated carbocycles. The maximum atomic E-state index is 13.3. The Morgan fingerprint density at radius 2 is 1.93 bits per heavy atom. The minimum Gasteiger partial charge on any atom is -0.444 e. The summed E-state index contributed by atoms with van der Waals surface area (Å²) in [4.78, 5) is 21.3. The van der Waals surface area contributed by atoms with Crippen LogP contribution in [0, 0.1) is 0 Å². The van der Waals surface area contributed by atoms with Crippen molar-refractivity contribution in [3.05, 3.63) is 30.1 Å². The van der Waals surface area contributed by atoms with Crippen LogP contribution in [0.5, 0.6) is 0 Å². The SMILES string of the molecule is CC(C)(C)OC(=O)NC1CCCN(c2nc(C(F)(F)F)nc3ccccc23)C1. The highest BCUT2D eigenvalue weighted by Gasteiger charge is 2.36. The molecule has 9 heteroatoms.